The number of piperidine rings is 1. The van der Waals surface area contributed by atoms with Gasteiger partial charge in [0.05, 0.1) is 35.3 Å². The van der Waals surface area contributed by atoms with Crippen molar-refractivity contribution < 1.29 is 23.0 Å². The second kappa shape index (κ2) is 8.39. The molecule has 0 radical (unpaired) electrons. The summed E-state index contributed by atoms with van der Waals surface area (Å²) in [6, 6.07) is 8.80. The van der Waals surface area contributed by atoms with Gasteiger partial charge in [-0.05, 0) is 50.3 Å². The number of hydrogen-bond acceptors (Lipinski definition) is 6. The van der Waals surface area contributed by atoms with Gasteiger partial charge in [-0.15, -0.1) is 0 Å². The number of likely N-dealkylation sites (tertiary alicyclic amines) is 1. The minimum Gasteiger partial charge on any atom is -0.490 e. The molecule has 1 unspecified atom stereocenters. The van der Waals surface area contributed by atoms with Crippen molar-refractivity contribution in [2.24, 2.45) is 0 Å². The van der Waals surface area contributed by atoms with Gasteiger partial charge < -0.3 is 24.0 Å². The quantitative estimate of drug-likeness (QED) is 0.757. The summed E-state index contributed by atoms with van der Waals surface area (Å²) in [6.45, 7) is 3.86. The van der Waals surface area contributed by atoms with Crippen molar-refractivity contribution in [3.63, 3.8) is 0 Å². The molecule has 8 heteroatoms. The van der Waals surface area contributed by atoms with Gasteiger partial charge in [0.15, 0.2) is 9.84 Å². The van der Waals surface area contributed by atoms with Crippen molar-refractivity contribution in [2.45, 2.75) is 49.9 Å². The van der Waals surface area contributed by atoms with Gasteiger partial charge in [0.2, 0.25) is 0 Å². The van der Waals surface area contributed by atoms with Crippen molar-refractivity contribution in [1.29, 1.82) is 0 Å². The van der Waals surface area contributed by atoms with Gasteiger partial charge in [-0.3, -0.25) is 0 Å². The number of β-amino-alcohol motifs (C(OH)–C–C–N with tert-alkyl or cyclic N) is 1. The number of rotatable bonds is 5. The topological polar surface area (TPSA) is 81.0 Å². The van der Waals surface area contributed by atoms with Crippen LogP contribution in [0.3, 0.4) is 0 Å². The molecular formula is C23H32N2O5S. The maximum atomic E-state index is 11.7. The molecule has 0 amide bonds. The van der Waals surface area contributed by atoms with Crippen molar-refractivity contribution >= 4 is 20.7 Å². The molecule has 3 fully saturated rings. The van der Waals surface area contributed by atoms with Crippen molar-refractivity contribution in [3.05, 3.63) is 30.5 Å². The molecule has 7 nitrogen and oxygen atoms in total. The van der Waals surface area contributed by atoms with Gasteiger partial charge in [-0.2, -0.15) is 0 Å². The highest BCUT2D eigenvalue weighted by Crippen LogP contribution is 2.33. The summed E-state index contributed by atoms with van der Waals surface area (Å²) in [7, 11) is -2.97. The summed E-state index contributed by atoms with van der Waals surface area (Å²) in [6.07, 6.45) is 5.84. The van der Waals surface area contributed by atoms with Crippen LogP contribution in [0, 0.1) is 0 Å². The lowest BCUT2D eigenvalue weighted by molar-refractivity contribution is -0.0184. The zero-order chi connectivity index (χ0) is 21.5. The van der Waals surface area contributed by atoms with E-state index in [0.29, 0.717) is 25.4 Å². The molecule has 4 heterocycles. The van der Waals surface area contributed by atoms with E-state index in [9.17, 15) is 13.5 Å². The monoisotopic (exact) mass is 448 g/mol. The summed E-state index contributed by atoms with van der Waals surface area (Å²) in [5, 5.41) is 12.0. The maximum Gasteiger partial charge on any atom is 0.150 e. The average Bonchev–Trinajstić information content (AvgIpc) is 3.42. The molecule has 170 valence electrons. The van der Waals surface area contributed by atoms with Crippen molar-refractivity contribution in [1.82, 2.24) is 9.47 Å². The highest BCUT2D eigenvalue weighted by Gasteiger charge is 2.37. The Labute approximate surface area is 183 Å². The third-order valence-corrected chi connectivity index (χ3v) is 8.78. The zero-order valence-corrected chi connectivity index (χ0v) is 18.7. The minimum atomic E-state index is -2.97. The molecule has 1 aromatic carbocycles. The first-order chi connectivity index (χ1) is 14.9. The van der Waals surface area contributed by atoms with Crippen molar-refractivity contribution in [2.75, 3.05) is 44.4 Å². The predicted octanol–water partition coefficient (Wildman–Crippen LogP) is 2.39. The van der Waals surface area contributed by atoms with Crippen LogP contribution in [0.25, 0.3) is 10.9 Å². The summed E-state index contributed by atoms with van der Waals surface area (Å²) in [5.41, 5.74) is 0.317. The Bertz CT molecular complexity index is 1010. The van der Waals surface area contributed by atoms with E-state index < -0.39 is 15.4 Å². The van der Waals surface area contributed by atoms with Crippen LogP contribution in [-0.4, -0.2) is 79.1 Å². The molecule has 1 atom stereocenters. The van der Waals surface area contributed by atoms with Crippen LogP contribution in [0.2, 0.25) is 0 Å². The molecule has 1 aromatic heterocycles. The van der Waals surface area contributed by atoms with E-state index in [2.05, 4.69) is 39.9 Å². The first kappa shape index (κ1) is 21.2. The van der Waals surface area contributed by atoms with Crippen LogP contribution in [0.5, 0.6) is 5.75 Å². The Kier molecular flexibility index (Phi) is 5.75. The van der Waals surface area contributed by atoms with Gasteiger partial charge in [0.25, 0.3) is 0 Å². The number of benzene rings is 1. The van der Waals surface area contributed by atoms with Gasteiger partial charge in [-0.25, -0.2) is 8.42 Å². The molecule has 2 aromatic rings. The Balaban J connectivity index is 1.19. The van der Waals surface area contributed by atoms with Gasteiger partial charge in [0, 0.05) is 37.8 Å². The summed E-state index contributed by atoms with van der Waals surface area (Å²) < 4.78 is 37.6. The number of aliphatic hydroxyl groups is 1. The number of sulfone groups is 1. The van der Waals surface area contributed by atoms with Gasteiger partial charge in [-0.1, -0.05) is 6.07 Å². The number of fused-ring (bicyclic) bond motifs is 1. The van der Waals surface area contributed by atoms with Crippen LogP contribution in [0.4, 0.5) is 0 Å². The lowest BCUT2D eigenvalue weighted by Crippen LogP contribution is -2.50. The molecule has 31 heavy (non-hydrogen) atoms. The van der Waals surface area contributed by atoms with E-state index in [-0.39, 0.29) is 17.6 Å². The second-order valence-corrected chi connectivity index (χ2v) is 11.7. The van der Waals surface area contributed by atoms with Gasteiger partial charge in [0.1, 0.15) is 11.9 Å². The molecular weight excluding hydrogens is 416 g/mol. The molecule has 3 saturated heterocycles. The smallest absolute Gasteiger partial charge is 0.150 e. The number of ether oxygens (including phenoxy) is 2. The molecule has 0 spiro atoms. The first-order valence-electron chi connectivity index (χ1n) is 11.4. The fourth-order valence-electron chi connectivity index (χ4n) is 5.18. The van der Waals surface area contributed by atoms with E-state index in [4.69, 9.17) is 9.47 Å². The molecule has 0 aliphatic carbocycles. The van der Waals surface area contributed by atoms with E-state index in [1.54, 1.807) is 0 Å². The van der Waals surface area contributed by atoms with Crippen LogP contribution < -0.4 is 4.74 Å². The number of nitrogens with zero attached hydrogens (tertiary/aromatic N) is 2. The molecule has 3 aliphatic heterocycles. The standard InChI is InChI=1S/C23H32N2O5S/c26-23(8-14-31(27,28)15-9-23)17-24-10-4-19(5-11-24)30-22-3-1-2-21-20(22)6-12-25(21)18-7-13-29-16-18/h1-3,6,12,18-19,26H,4-5,7-11,13-17H2. The SMILES string of the molecule is O=S1(=O)CCC(O)(CN2CCC(Oc3cccc4c3ccn4C3CCOC3)CC2)CC1. The predicted molar refractivity (Wildman–Crippen MR) is 119 cm³/mol. The number of hydrogen-bond donors (Lipinski definition) is 1. The van der Waals surface area contributed by atoms with E-state index in [0.717, 1.165) is 56.7 Å². The molecule has 0 bridgehead atoms. The lowest BCUT2D eigenvalue weighted by atomic mass is 9.94. The minimum absolute atomic E-state index is 0.0969. The zero-order valence-electron chi connectivity index (χ0n) is 17.9. The molecule has 1 N–H and O–H groups in total. The fraction of sp³-hybridized carbons (Fsp3) is 0.652. The maximum absolute atomic E-state index is 11.7. The highest BCUT2D eigenvalue weighted by atomic mass is 32.2. The highest BCUT2D eigenvalue weighted by molar-refractivity contribution is 7.91. The van der Waals surface area contributed by atoms with Crippen molar-refractivity contribution in [3.8, 4) is 5.75 Å². The van der Waals surface area contributed by atoms with Crippen LogP contribution in [-0.2, 0) is 14.6 Å². The van der Waals surface area contributed by atoms with E-state index in [1.807, 2.05) is 0 Å². The summed E-state index contributed by atoms with van der Waals surface area (Å²) in [4.78, 5) is 2.26. The fourth-order valence-corrected chi connectivity index (χ4v) is 6.77. The Morgan fingerprint density at radius 1 is 1.13 bits per heavy atom. The van der Waals surface area contributed by atoms with Crippen LogP contribution in [0.1, 0.15) is 38.1 Å². The van der Waals surface area contributed by atoms with Crippen LogP contribution >= 0.6 is 0 Å². The average molecular weight is 449 g/mol. The third kappa shape index (κ3) is 4.62. The summed E-state index contributed by atoms with van der Waals surface area (Å²) in [5.74, 6) is 1.13. The second-order valence-electron chi connectivity index (χ2n) is 9.40. The largest absolute Gasteiger partial charge is 0.490 e. The Morgan fingerprint density at radius 2 is 1.90 bits per heavy atom. The molecule has 5 rings (SSSR count). The molecule has 3 aliphatic rings. The Morgan fingerprint density at radius 3 is 2.61 bits per heavy atom. The summed E-state index contributed by atoms with van der Waals surface area (Å²) >= 11 is 0. The van der Waals surface area contributed by atoms with E-state index >= 15 is 0 Å². The lowest BCUT2D eigenvalue weighted by Gasteiger charge is -2.39. The van der Waals surface area contributed by atoms with Crippen LogP contribution in [0.15, 0.2) is 30.5 Å². The normalized spacial score (nSPS) is 26.9. The Hall–Kier alpha value is -1.61. The van der Waals surface area contributed by atoms with Gasteiger partial charge >= 0.3 is 0 Å². The first-order valence-corrected chi connectivity index (χ1v) is 13.2. The molecule has 0 saturated carbocycles. The number of aromatic nitrogens is 1. The van der Waals surface area contributed by atoms with E-state index in [1.165, 1.54) is 5.52 Å². The third-order valence-electron chi connectivity index (χ3n) is 7.13.